The molecule has 0 saturated carbocycles. The van der Waals surface area contributed by atoms with Crippen LogP contribution in [0.25, 0.3) is 5.76 Å². The highest BCUT2D eigenvalue weighted by Gasteiger charge is 2.17. The third-order valence-corrected chi connectivity index (χ3v) is 2.69. The number of aliphatic carboxylic acids is 2. The second-order valence-electron chi connectivity index (χ2n) is 4.26. The molecule has 0 amide bonds. The Morgan fingerprint density at radius 3 is 2.52 bits per heavy atom. The van der Waals surface area contributed by atoms with Crippen molar-refractivity contribution in [3.8, 4) is 5.75 Å². The van der Waals surface area contributed by atoms with E-state index >= 15 is 0 Å². The van der Waals surface area contributed by atoms with Crippen LogP contribution in [-0.4, -0.2) is 35.0 Å². The Kier molecular flexibility index (Phi) is 5.30. The molecular formula is C16H13NO6. The Morgan fingerprint density at radius 2 is 1.83 bits per heavy atom. The van der Waals surface area contributed by atoms with E-state index in [1.165, 1.54) is 0 Å². The summed E-state index contributed by atoms with van der Waals surface area (Å²) in [4.78, 5) is 23.4. The standard InChI is InChI=1S/C12H9NO2.C4H4O4/c1-2-4-11-9(3-1)12-10(5-7-14-11)13-6-8-15-12;5-3(6)1-2-4(7)8/h1-7H,8H2;1-2H,(H,5,6)(H,7,8)/b;2-1-. The molecule has 0 radical (unpaired) electrons. The van der Waals surface area contributed by atoms with Gasteiger partial charge in [0.05, 0.1) is 11.8 Å². The molecule has 0 aliphatic carbocycles. The minimum absolute atomic E-state index is 0.515. The third-order valence-electron chi connectivity index (χ3n) is 2.69. The van der Waals surface area contributed by atoms with Gasteiger partial charge in [-0.2, -0.15) is 0 Å². The topological polar surface area (TPSA) is 105 Å². The zero-order valence-corrected chi connectivity index (χ0v) is 11.9. The van der Waals surface area contributed by atoms with Crippen molar-refractivity contribution in [1.82, 2.24) is 0 Å². The van der Waals surface area contributed by atoms with Crippen molar-refractivity contribution < 1.29 is 29.3 Å². The quantitative estimate of drug-likeness (QED) is 0.809. The van der Waals surface area contributed by atoms with Gasteiger partial charge in [0, 0.05) is 24.4 Å². The highest BCUT2D eigenvalue weighted by Crippen LogP contribution is 2.33. The Labute approximate surface area is 131 Å². The summed E-state index contributed by atoms with van der Waals surface area (Å²) in [6, 6.07) is 7.78. The number of aliphatic imine (C=N–C) groups is 1. The lowest BCUT2D eigenvalue weighted by Gasteiger charge is -2.14. The maximum absolute atomic E-state index is 9.55. The van der Waals surface area contributed by atoms with Crippen molar-refractivity contribution in [3.63, 3.8) is 0 Å². The maximum atomic E-state index is 9.55. The highest BCUT2D eigenvalue weighted by molar-refractivity contribution is 5.89. The van der Waals surface area contributed by atoms with Crippen LogP contribution in [0.1, 0.15) is 5.56 Å². The van der Waals surface area contributed by atoms with Crippen molar-refractivity contribution in [2.24, 2.45) is 4.99 Å². The normalized spacial score (nSPS) is 14.6. The van der Waals surface area contributed by atoms with Crippen molar-refractivity contribution in [2.45, 2.75) is 0 Å². The van der Waals surface area contributed by atoms with Gasteiger partial charge in [-0.05, 0) is 12.1 Å². The van der Waals surface area contributed by atoms with Crippen LogP contribution in [0.5, 0.6) is 5.75 Å². The molecule has 0 spiro atoms. The summed E-state index contributed by atoms with van der Waals surface area (Å²) < 4.78 is 11.1. The average molecular weight is 315 g/mol. The van der Waals surface area contributed by atoms with Crippen LogP contribution in [0.15, 0.2) is 59.4 Å². The van der Waals surface area contributed by atoms with E-state index in [1.807, 2.05) is 30.3 Å². The molecule has 2 aliphatic rings. The number of carboxylic acids is 2. The predicted octanol–water partition coefficient (Wildman–Crippen LogP) is 2.07. The third kappa shape index (κ3) is 4.57. The molecule has 3 rings (SSSR count). The van der Waals surface area contributed by atoms with Gasteiger partial charge < -0.3 is 19.7 Å². The van der Waals surface area contributed by atoms with E-state index in [1.54, 1.807) is 12.5 Å². The van der Waals surface area contributed by atoms with E-state index in [0.29, 0.717) is 18.8 Å². The lowest BCUT2D eigenvalue weighted by molar-refractivity contribution is -0.134. The molecular weight excluding hydrogens is 302 g/mol. The van der Waals surface area contributed by atoms with Gasteiger partial charge in [0.15, 0.2) is 5.76 Å². The van der Waals surface area contributed by atoms with Gasteiger partial charge in [-0.3, -0.25) is 4.99 Å². The van der Waals surface area contributed by atoms with Crippen LogP contribution in [0, 0.1) is 0 Å². The summed E-state index contributed by atoms with van der Waals surface area (Å²) >= 11 is 0. The number of rotatable bonds is 2. The number of nitrogens with zero attached hydrogens (tertiary/aromatic N) is 1. The molecule has 0 saturated heterocycles. The first kappa shape index (κ1) is 16.0. The number of hydrogen-bond donors (Lipinski definition) is 2. The number of para-hydroxylation sites is 1. The number of ether oxygens (including phenoxy) is 2. The smallest absolute Gasteiger partial charge is 0.328 e. The number of allylic oxidation sites excluding steroid dienone is 1. The van der Waals surface area contributed by atoms with Crippen LogP contribution < -0.4 is 4.74 Å². The van der Waals surface area contributed by atoms with Crippen LogP contribution in [0.4, 0.5) is 0 Å². The summed E-state index contributed by atoms with van der Waals surface area (Å²) in [7, 11) is 0. The molecule has 0 fully saturated rings. The van der Waals surface area contributed by atoms with E-state index in [0.717, 1.165) is 22.8 Å². The summed E-state index contributed by atoms with van der Waals surface area (Å²) in [5.41, 5.74) is 1.76. The van der Waals surface area contributed by atoms with E-state index in [-0.39, 0.29) is 0 Å². The van der Waals surface area contributed by atoms with Gasteiger partial charge in [-0.15, -0.1) is 0 Å². The van der Waals surface area contributed by atoms with Crippen LogP contribution >= 0.6 is 0 Å². The maximum Gasteiger partial charge on any atom is 0.328 e. The molecule has 1 aromatic carbocycles. The van der Waals surface area contributed by atoms with Crippen molar-refractivity contribution in [1.29, 1.82) is 0 Å². The van der Waals surface area contributed by atoms with Crippen molar-refractivity contribution >= 4 is 23.9 Å². The Morgan fingerprint density at radius 1 is 1.13 bits per heavy atom. The van der Waals surface area contributed by atoms with E-state index in [2.05, 4.69) is 4.99 Å². The SMILES string of the molecule is C1=CC2=C(OCC=N2)c2ccccc2O1.O=C(O)/C=C\C(=O)O. The average Bonchev–Trinajstić information content (AvgIpc) is 2.73. The molecule has 0 atom stereocenters. The molecule has 7 nitrogen and oxygen atoms in total. The van der Waals surface area contributed by atoms with Gasteiger partial charge in [0.2, 0.25) is 0 Å². The largest absolute Gasteiger partial charge is 0.485 e. The molecule has 1 aromatic rings. The number of carbonyl (C=O) groups is 2. The first-order valence-electron chi connectivity index (χ1n) is 6.54. The molecule has 2 aliphatic heterocycles. The zero-order valence-electron chi connectivity index (χ0n) is 11.9. The fourth-order valence-corrected chi connectivity index (χ4v) is 1.79. The minimum atomic E-state index is -1.26. The lowest BCUT2D eigenvalue weighted by atomic mass is 10.1. The summed E-state index contributed by atoms with van der Waals surface area (Å²) in [6.45, 7) is 0.515. The van der Waals surface area contributed by atoms with Gasteiger partial charge in [-0.25, -0.2) is 9.59 Å². The molecule has 7 heteroatoms. The Hall–Kier alpha value is -3.35. The molecule has 0 bridgehead atoms. The number of benzene rings is 1. The van der Waals surface area contributed by atoms with E-state index in [4.69, 9.17) is 19.7 Å². The molecule has 2 N–H and O–H groups in total. The summed E-state index contributed by atoms with van der Waals surface area (Å²) in [5.74, 6) is -0.919. The number of carboxylic acid groups (broad SMARTS) is 2. The molecule has 0 aromatic heterocycles. The van der Waals surface area contributed by atoms with Gasteiger partial charge >= 0.3 is 11.9 Å². The van der Waals surface area contributed by atoms with Gasteiger partial charge in [-0.1, -0.05) is 12.1 Å². The van der Waals surface area contributed by atoms with E-state index in [9.17, 15) is 9.59 Å². The Balaban J connectivity index is 0.000000207. The molecule has 0 unspecified atom stereocenters. The second kappa shape index (κ2) is 7.60. The summed E-state index contributed by atoms with van der Waals surface area (Å²) in [6.07, 6.45) is 6.31. The fourth-order valence-electron chi connectivity index (χ4n) is 1.79. The Bertz CT molecular complexity index is 714. The predicted molar refractivity (Wildman–Crippen MR) is 82.0 cm³/mol. The van der Waals surface area contributed by atoms with Gasteiger partial charge in [0.1, 0.15) is 18.1 Å². The zero-order chi connectivity index (χ0) is 16.7. The molecule has 2 heterocycles. The van der Waals surface area contributed by atoms with Gasteiger partial charge in [0.25, 0.3) is 0 Å². The van der Waals surface area contributed by atoms with Crippen molar-refractivity contribution in [2.75, 3.05) is 6.61 Å². The second-order valence-corrected chi connectivity index (χ2v) is 4.26. The number of hydrogen-bond acceptors (Lipinski definition) is 5. The lowest BCUT2D eigenvalue weighted by Crippen LogP contribution is -2.03. The van der Waals surface area contributed by atoms with Crippen LogP contribution in [0.3, 0.4) is 0 Å². The first-order chi connectivity index (χ1) is 11.1. The monoisotopic (exact) mass is 315 g/mol. The fraction of sp³-hybridized carbons (Fsp3) is 0.0625. The van der Waals surface area contributed by atoms with Crippen LogP contribution in [-0.2, 0) is 14.3 Å². The highest BCUT2D eigenvalue weighted by atomic mass is 16.5. The molecule has 23 heavy (non-hydrogen) atoms. The van der Waals surface area contributed by atoms with E-state index < -0.39 is 11.9 Å². The first-order valence-corrected chi connectivity index (χ1v) is 6.54. The van der Waals surface area contributed by atoms with Crippen molar-refractivity contribution in [3.05, 3.63) is 60.0 Å². The summed E-state index contributed by atoms with van der Waals surface area (Å²) in [5, 5.41) is 15.6. The number of fused-ring (bicyclic) bond motifs is 2. The molecule has 118 valence electrons. The van der Waals surface area contributed by atoms with Crippen LogP contribution in [0.2, 0.25) is 0 Å². The minimum Gasteiger partial charge on any atom is -0.485 e.